The Morgan fingerprint density at radius 3 is 2.83 bits per heavy atom. The molecule has 0 bridgehead atoms. The standard InChI is InChI=1S/C13H9ClN2O2/c14-8-5-6-11(15-7-8)16-12-9-3-1-2-4-10(9)13(17)18-12/h1-7,12H,(H,15,16)/t12-/m0/s1. The van der Waals surface area contributed by atoms with Crippen molar-refractivity contribution in [3.05, 3.63) is 58.7 Å². The maximum absolute atomic E-state index is 11.6. The normalized spacial score (nSPS) is 17.2. The van der Waals surface area contributed by atoms with Gasteiger partial charge >= 0.3 is 5.97 Å². The van der Waals surface area contributed by atoms with Gasteiger partial charge in [0, 0.05) is 11.8 Å². The van der Waals surface area contributed by atoms with Gasteiger partial charge in [0.05, 0.1) is 10.6 Å². The average Bonchev–Trinajstić information content (AvgIpc) is 2.70. The lowest BCUT2D eigenvalue weighted by Gasteiger charge is -2.13. The Morgan fingerprint density at radius 1 is 1.22 bits per heavy atom. The number of cyclic esters (lactones) is 1. The highest BCUT2D eigenvalue weighted by Gasteiger charge is 2.30. The molecule has 1 aromatic carbocycles. The quantitative estimate of drug-likeness (QED) is 0.844. The van der Waals surface area contributed by atoms with Crippen LogP contribution in [0.1, 0.15) is 22.1 Å². The second-order valence-electron chi connectivity index (χ2n) is 3.88. The minimum Gasteiger partial charge on any atom is -0.434 e. The summed E-state index contributed by atoms with van der Waals surface area (Å²) >= 11 is 5.76. The van der Waals surface area contributed by atoms with Crippen molar-refractivity contribution in [1.29, 1.82) is 0 Å². The molecule has 2 aromatic rings. The third-order valence-corrected chi connectivity index (χ3v) is 2.92. The second-order valence-corrected chi connectivity index (χ2v) is 4.32. The lowest BCUT2D eigenvalue weighted by Crippen LogP contribution is -2.11. The average molecular weight is 261 g/mol. The predicted molar refractivity (Wildman–Crippen MR) is 67.5 cm³/mol. The summed E-state index contributed by atoms with van der Waals surface area (Å²) in [7, 11) is 0. The molecule has 0 spiro atoms. The first-order valence-corrected chi connectivity index (χ1v) is 5.80. The van der Waals surface area contributed by atoms with Crippen LogP contribution in [0.2, 0.25) is 5.02 Å². The summed E-state index contributed by atoms with van der Waals surface area (Å²) in [6, 6.07) is 10.7. The van der Waals surface area contributed by atoms with Crippen molar-refractivity contribution < 1.29 is 9.53 Å². The third-order valence-electron chi connectivity index (χ3n) is 2.69. The highest BCUT2D eigenvalue weighted by atomic mass is 35.5. The maximum Gasteiger partial charge on any atom is 0.340 e. The van der Waals surface area contributed by atoms with E-state index in [1.54, 1.807) is 18.2 Å². The molecule has 1 N–H and O–H groups in total. The van der Waals surface area contributed by atoms with Crippen molar-refractivity contribution in [2.75, 3.05) is 5.32 Å². The Morgan fingerprint density at radius 2 is 2.06 bits per heavy atom. The van der Waals surface area contributed by atoms with Crippen LogP contribution in [0, 0.1) is 0 Å². The van der Waals surface area contributed by atoms with E-state index >= 15 is 0 Å². The second kappa shape index (κ2) is 4.31. The van der Waals surface area contributed by atoms with Gasteiger partial charge < -0.3 is 10.1 Å². The van der Waals surface area contributed by atoms with E-state index in [-0.39, 0.29) is 5.97 Å². The number of anilines is 1. The number of pyridine rings is 1. The van der Waals surface area contributed by atoms with Crippen LogP contribution in [-0.4, -0.2) is 11.0 Å². The largest absolute Gasteiger partial charge is 0.434 e. The summed E-state index contributed by atoms with van der Waals surface area (Å²) in [6.45, 7) is 0. The number of fused-ring (bicyclic) bond motifs is 1. The first-order chi connectivity index (χ1) is 8.74. The van der Waals surface area contributed by atoms with Crippen molar-refractivity contribution in [1.82, 2.24) is 4.98 Å². The van der Waals surface area contributed by atoms with E-state index in [4.69, 9.17) is 16.3 Å². The van der Waals surface area contributed by atoms with Gasteiger partial charge in [-0.05, 0) is 18.2 Å². The summed E-state index contributed by atoms with van der Waals surface area (Å²) < 4.78 is 5.24. The monoisotopic (exact) mass is 260 g/mol. The van der Waals surface area contributed by atoms with Gasteiger partial charge in [0.25, 0.3) is 0 Å². The smallest absolute Gasteiger partial charge is 0.340 e. The van der Waals surface area contributed by atoms with E-state index in [0.717, 1.165) is 5.56 Å². The van der Waals surface area contributed by atoms with Gasteiger partial charge in [0.2, 0.25) is 6.23 Å². The predicted octanol–water partition coefficient (Wildman–Crippen LogP) is 3.02. The fraction of sp³-hybridized carbons (Fsp3) is 0.0769. The molecule has 0 unspecified atom stereocenters. The Kier molecular flexibility index (Phi) is 2.64. The summed E-state index contributed by atoms with van der Waals surface area (Å²) in [6.07, 6.45) is 1.04. The minimum absolute atomic E-state index is 0.322. The van der Waals surface area contributed by atoms with Crippen molar-refractivity contribution in [3.63, 3.8) is 0 Å². The Balaban J connectivity index is 1.87. The molecule has 0 radical (unpaired) electrons. The number of ether oxygens (including phenoxy) is 1. The number of esters is 1. The molecular weight excluding hydrogens is 252 g/mol. The van der Waals surface area contributed by atoms with Gasteiger partial charge in [-0.3, -0.25) is 0 Å². The molecule has 1 aromatic heterocycles. The number of rotatable bonds is 2. The molecule has 1 aliphatic heterocycles. The van der Waals surface area contributed by atoms with E-state index < -0.39 is 6.23 Å². The topological polar surface area (TPSA) is 51.2 Å². The van der Waals surface area contributed by atoms with Gasteiger partial charge in [0.1, 0.15) is 5.82 Å². The Bertz CT molecular complexity index is 598. The van der Waals surface area contributed by atoms with Gasteiger partial charge in [-0.15, -0.1) is 0 Å². The van der Waals surface area contributed by atoms with E-state index in [2.05, 4.69) is 10.3 Å². The number of hydrogen-bond acceptors (Lipinski definition) is 4. The van der Waals surface area contributed by atoms with Crippen molar-refractivity contribution >= 4 is 23.4 Å². The molecule has 4 nitrogen and oxygen atoms in total. The van der Waals surface area contributed by atoms with E-state index in [1.807, 2.05) is 18.2 Å². The molecule has 0 fully saturated rings. The lowest BCUT2D eigenvalue weighted by atomic mass is 10.1. The van der Waals surface area contributed by atoms with Crippen LogP contribution in [0.15, 0.2) is 42.6 Å². The number of nitrogens with one attached hydrogen (secondary N) is 1. The first-order valence-electron chi connectivity index (χ1n) is 5.42. The molecule has 90 valence electrons. The van der Waals surface area contributed by atoms with Crippen LogP contribution >= 0.6 is 11.6 Å². The van der Waals surface area contributed by atoms with Crippen molar-refractivity contribution in [2.24, 2.45) is 0 Å². The van der Waals surface area contributed by atoms with Gasteiger partial charge in [-0.2, -0.15) is 0 Å². The van der Waals surface area contributed by atoms with Crippen LogP contribution in [0.3, 0.4) is 0 Å². The zero-order chi connectivity index (χ0) is 12.5. The maximum atomic E-state index is 11.6. The summed E-state index contributed by atoms with van der Waals surface area (Å²) in [5.41, 5.74) is 1.41. The summed E-state index contributed by atoms with van der Waals surface area (Å²) in [4.78, 5) is 15.7. The summed E-state index contributed by atoms with van der Waals surface area (Å²) in [5, 5.41) is 3.60. The van der Waals surface area contributed by atoms with Crippen molar-refractivity contribution in [3.8, 4) is 0 Å². The SMILES string of the molecule is O=C1O[C@H](Nc2ccc(Cl)cn2)c2ccccc21. The van der Waals surface area contributed by atoms with Crippen LogP contribution in [0.25, 0.3) is 0 Å². The molecule has 0 saturated heterocycles. The number of carbonyl (C=O) groups is 1. The molecule has 18 heavy (non-hydrogen) atoms. The van der Waals surface area contributed by atoms with Crippen LogP contribution in [-0.2, 0) is 4.74 Å². The van der Waals surface area contributed by atoms with Crippen LogP contribution < -0.4 is 5.32 Å². The highest BCUT2D eigenvalue weighted by molar-refractivity contribution is 6.30. The molecule has 5 heteroatoms. The lowest BCUT2D eigenvalue weighted by molar-refractivity contribution is 0.0436. The molecular formula is C13H9ClN2O2. The molecule has 3 rings (SSSR count). The van der Waals surface area contributed by atoms with Gasteiger partial charge in [-0.1, -0.05) is 29.8 Å². The number of benzene rings is 1. The fourth-order valence-corrected chi connectivity index (χ4v) is 1.96. The molecule has 0 amide bonds. The number of carbonyl (C=O) groups excluding carboxylic acids is 1. The minimum atomic E-state index is -0.498. The van der Waals surface area contributed by atoms with Gasteiger partial charge in [-0.25, -0.2) is 9.78 Å². The molecule has 2 heterocycles. The number of hydrogen-bond donors (Lipinski definition) is 1. The molecule has 1 atom stereocenters. The third kappa shape index (κ3) is 1.91. The molecule has 0 saturated carbocycles. The van der Waals surface area contributed by atoms with E-state index in [0.29, 0.717) is 16.4 Å². The van der Waals surface area contributed by atoms with Gasteiger partial charge in [0.15, 0.2) is 0 Å². The van der Waals surface area contributed by atoms with E-state index in [9.17, 15) is 4.79 Å². The zero-order valence-electron chi connectivity index (χ0n) is 9.26. The Hall–Kier alpha value is -2.07. The van der Waals surface area contributed by atoms with Crippen LogP contribution in [0.5, 0.6) is 0 Å². The number of aromatic nitrogens is 1. The summed E-state index contributed by atoms with van der Waals surface area (Å²) in [5.74, 6) is 0.283. The molecule has 1 aliphatic rings. The van der Waals surface area contributed by atoms with Crippen LogP contribution in [0.4, 0.5) is 5.82 Å². The first kappa shape index (κ1) is 11.0. The van der Waals surface area contributed by atoms with Crippen molar-refractivity contribution in [2.45, 2.75) is 6.23 Å². The number of nitrogens with zero attached hydrogens (tertiary/aromatic N) is 1. The highest BCUT2D eigenvalue weighted by Crippen LogP contribution is 2.30. The van der Waals surface area contributed by atoms with E-state index in [1.165, 1.54) is 6.20 Å². The zero-order valence-corrected chi connectivity index (χ0v) is 10.0. The fourth-order valence-electron chi connectivity index (χ4n) is 1.85. The number of halogens is 1. The Labute approximate surface area is 109 Å². The molecule has 0 aliphatic carbocycles.